The lowest BCUT2D eigenvalue weighted by Crippen LogP contribution is -2.36. The van der Waals surface area contributed by atoms with Crippen LogP contribution in [0.25, 0.3) is 0 Å². The van der Waals surface area contributed by atoms with Gasteiger partial charge in [0.1, 0.15) is 0 Å². The first-order chi connectivity index (χ1) is 9.66. The van der Waals surface area contributed by atoms with Gasteiger partial charge in [0.2, 0.25) is 5.91 Å². The van der Waals surface area contributed by atoms with Gasteiger partial charge >= 0.3 is 5.97 Å². The molecule has 20 heavy (non-hydrogen) atoms. The SMILES string of the molecule is O=C(O)CCCC(=O)N1CCCC1Cc1ccccc1. The second-order valence-electron chi connectivity index (χ2n) is 5.32. The van der Waals surface area contributed by atoms with E-state index in [2.05, 4.69) is 12.1 Å². The molecule has 1 aliphatic heterocycles. The molecule has 1 saturated heterocycles. The van der Waals surface area contributed by atoms with Crippen molar-refractivity contribution < 1.29 is 14.7 Å². The number of hydrogen-bond donors (Lipinski definition) is 1. The molecule has 108 valence electrons. The highest BCUT2D eigenvalue weighted by molar-refractivity contribution is 5.77. The van der Waals surface area contributed by atoms with E-state index in [-0.39, 0.29) is 18.4 Å². The Balaban J connectivity index is 1.87. The Morgan fingerprint density at radius 3 is 2.65 bits per heavy atom. The van der Waals surface area contributed by atoms with Gasteiger partial charge in [-0.25, -0.2) is 0 Å². The summed E-state index contributed by atoms with van der Waals surface area (Å²) in [6.07, 6.45) is 3.83. The second kappa shape index (κ2) is 7.08. The van der Waals surface area contributed by atoms with Crippen molar-refractivity contribution in [3.05, 3.63) is 35.9 Å². The second-order valence-corrected chi connectivity index (χ2v) is 5.32. The minimum Gasteiger partial charge on any atom is -0.481 e. The Labute approximate surface area is 119 Å². The molecule has 1 aromatic rings. The van der Waals surface area contributed by atoms with Crippen LogP contribution in [-0.2, 0) is 16.0 Å². The number of carboxylic acids is 1. The molecule has 1 aromatic carbocycles. The smallest absolute Gasteiger partial charge is 0.303 e. The molecule has 1 aliphatic rings. The fourth-order valence-corrected chi connectivity index (χ4v) is 2.80. The van der Waals surface area contributed by atoms with Gasteiger partial charge in [0.15, 0.2) is 0 Å². The van der Waals surface area contributed by atoms with Gasteiger partial charge in [0.25, 0.3) is 0 Å². The van der Waals surface area contributed by atoms with Crippen LogP contribution >= 0.6 is 0 Å². The minimum atomic E-state index is -0.833. The van der Waals surface area contributed by atoms with Crippen molar-refractivity contribution in [2.75, 3.05) is 6.54 Å². The van der Waals surface area contributed by atoms with E-state index in [0.29, 0.717) is 12.8 Å². The van der Waals surface area contributed by atoms with Crippen LogP contribution in [0.2, 0.25) is 0 Å². The summed E-state index contributed by atoms with van der Waals surface area (Å²) in [7, 11) is 0. The van der Waals surface area contributed by atoms with Gasteiger partial charge in [-0.3, -0.25) is 9.59 Å². The molecule has 1 atom stereocenters. The summed E-state index contributed by atoms with van der Waals surface area (Å²) in [5.41, 5.74) is 1.25. The molecule has 0 bridgehead atoms. The number of rotatable bonds is 6. The molecule has 1 heterocycles. The van der Waals surface area contributed by atoms with E-state index in [1.54, 1.807) is 0 Å². The largest absolute Gasteiger partial charge is 0.481 e. The zero-order chi connectivity index (χ0) is 14.4. The first-order valence-corrected chi connectivity index (χ1v) is 7.22. The third-order valence-electron chi connectivity index (χ3n) is 3.79. The highest BCUT2D eigenvalue weighted by atomic mass is 16.4. The number of benzene rings is 1. The van der Waals surface area contributed by atoms with Gasteiger partial charge < -0.3 is 10.0 Å². The molecule has 1 unspecified atom stereocenters. The third kappa shape index (κ3) is 4.08. The van der Waals surface area contributed by atoms with Gasteiger partial charge in [-0.1, -0.05) is 30.3 Å². The monoisotopic (exact) mass is 275 g/mol. The summed E-state index contributed by atoms with van der Waals surface area (Å²) in [6.45, 7) is 0.809. The third-order valence-corrected chi connectivity index (χ3v) is 3.79. The molecule has 1 N–H and O–H groups in total. The standard InChI is InChI=1S/C16H21NO3/c18-15(9-4-10-16(19)20)17-11-5-8-14(17)12-13-6-2-1-3-7-13/h1-3,6-7,14H,4-5,8-12H2,(H,19,20). The molecule has 4 nitrogen and oxygen atoms in total. The highest BCUT2D eigenvalue weighted by Crippen LogP contribution is 2.22. The van der Waals surface area contributed by atoms with Crippen LogP contribution in [0.5, 0.6) is 0 Å². The van der Waals surface area contributed by atoms with Gasteiger partial charge in [-0.15, -0.1) is 0 Å². The molecule has 0 spiro atoms. The maximum absolute atomic E-state index is 12.2. The van der Waals surface area contributed by atoms with Crippen molar-refractivity contribution in [2.24, 2.45) is 0 Å². The summed E-state index contributed by atoms with van der Waals surface area (Å²) in [5, 5.41) is 8.61. The molecule has 0 saturated carbocycles. The fourth-order valence-electron chi connectivity index (χ4n) is 2.80. The van der Waals surface area contributed by atoms with Crippen molar-refractivity contribution in [1.29, 1.82) is 0 Å². The van der Waals surface area contributed by atoms with Crippen LogP contribution < -0.4 is 0 Å². The van der Waals surface area contributed by atoms with Crippen LogP contribution in [-0.4, -0.2) is 34.5 Å². The van der Waals surface area contributed by atoms with Crippen LogP contribution in [0.3, 0.4) is 0 Å². The van der Waals surface area contributed by atoms with E-state index in [1.165, 1.54) is 5.56 Å². The number of carbonyl (C=O) groups excluding carboxylic acids is 1. The Kier molecular flexibility index (Phi) is 5.16. The number of hydrogen-bond acceptors (Lipinski definition) is 2. The summed E-state index contributed by atoms with van der Waals surface area (Å²) in [4.78, 5) is 24.6. The quantitative estimate of drug-likeness (QED) is 0.867. The Hall–Kier alpha value is -1.84. The lowest BCUT2D eigenvalue weighted by molar-refractivity contribution is -0.137. The van der Waals surface area contributed by atoms with Gasteiger partial charge in [0, 0.05) is 25.4 Å². The number of carboxylic acid groups (broad SMARTS) is 1. The normalized spacial score (nSPS) is 18.2. The first-order valence-electron chi connectivity index (χ1n) is 7.22. The number of nitrogens with zero attached hydrogens (tertiary/aromatic N) is 1. The van der Waals surface area contributed by atoms with Crippen molar-refractivity contribution in [2.45, 2.75) is 44.6 Å². The Bertz CT molecular complexity index is 458. The van der Waals surface area contributed by atoms with Crippen molar-refractivity contribution in [3.8, 4) is 0 Å². The summed E-state index contributed by atoms with van der Waals surface area (Å²) in [6, 6.07) is 10.5. The fraction of sp³-hybridized carbons (Fsp3) is 0.500. The number of likely N-dealkylation sites (tertiary alicyclic amines) is 1. The molecule has 1 amide bonds. The lowest BCUT2D eigenvalue weighted by atomic mass is 10.0. The zero-order valence-corrected chi connectivity index (χ0v) is 11.6. The van der Waals surface area contributed by atoms with E-state index >= 15 is 0 Å². The average molecular weight is 275 g/mol. The van der Waals surface area contributed by atoms with Crippen molar-refractivity contribution in [1.82, 2.24) is 4.90 Å². The van der Waals surface area contributed by atoms with E-state index in [9.17, 15) is 9.59 Å². The van der Waals surface area contributed by atoms with E-state index in [1.807, 2.05) is 23.1 Å². The van der Waals surface area contributed by atoms with Crippen LogP contribution in [0.15, 0.2) is 30.3 Å². The summed E-state index contributed by atoms with van der Waals surface area (Å²) >= 11 is 0. The van der Waals surface area contributed by atoms with Crippen LogP contribution in [0.4, 0.5) is 0 Å². The average Bonchev–Trinajstić information content (AvgIpc) is 2.87. The Morgan fingerprint density at radius 2 is 1.95 bits per heavy atom. The number of carbonyl (C=O) groups is 2. The van der Waals surface area contributed by atoms with Gasteiger partial charge in [0.05, 0.1) is 0 Å². The predicted molar refractivity (Wildman–Crippen MR) is 76.4 cm³/mol. The molecule has 1 fully saturated rings. The van der Waals surface area contributed by atoms with Crippen LogP contribution in [0, 0.1) is 0 Å². The molecule has 0 radical (unpaired) electrons. The molecule has 2 rings (SSSR count). The molecule has 4 heteroatoms. The maximum Gasteiger partial charge on any atom is 0.303 e. The van der Waals surface area contributed by atoms with Crippen LogP contribution in [0.1, 0.15) is 37.7 Å². The van der Waals surface area contributed by atoms with E-state index < -0.39 is 5.97 Å². The van der Waals surface area contributed by atoms with Crippen molar-refractivity contribution in [3.63, 3.8) is 0 Å². The topological polar surface area (TPSA) is 57.6 Å². The molecule has 0 aliphatic carbocycles. The minimum absolute atomic E-state index is 0.0724. The first kappa shape index (κ1) is 14.6. The lowest BCUT2D eigenvalue weighted by Gasteiger charge is -2.25. The van der Waals surface area contributed by atoms with Crippen molar-refractivity contribution >= 4 is 11.9 Å². The van der Waals surface area contributed by atoms with E-state index in [0.717, 1.165) is 25.8 Å². The molecular weight excluding hydrogens is 254 g/mol. The number of amides is 1. The summed E-state index contributed by atoms with van der Waals surface area (Å²) < 4.78 is 0. The van der Waals surface area contributed by atoms with Gasteiger partial charge in [-0.05, 0) is 31.2 Å². The van der Waals surface area contributed by atoms with E-state index in [4.69, 9.17) is 5.11 Å². The van der Waals surface area contributed by atoms with Gasteiger partial charge in [-0.2, -0.15) is 0 Å². The zero-order valence-electron chi connectivity index (χ0n) is 11.6. The molecule has 0 aromatic heterocycles. The molecular formula is C16H21NO3. The maximum atomic E-state index is 12.2. The Morgan fingerprint density at radius 1 is 1.20 bits per heavy atom. The highest BCUT2D eigenvalue weighted by Gasteiger charge is 2.28. The summed E-state index contributed by atoms with van der Waals surface area (Å²) in [5.74, 6) is -0.732. The number of aliphatic carboxylic acids is 1. The predicted octanol–water partition coefficient (Wildman–Crippen LogP) is 2.48.